The number of methoxy groups -OCH3 is 1. The van der Waals surface area contributed by atoms with Gasteiger partial charge in [0.25, 0.3) is 0 Å². The van der Waals surface area contributed by atoms with Gasteiger partial charge in [0.05, 0.1) is 7.11 Å². The molecule has 106 valence electrons. The Hall–Kier alpha value is -2.37. The number of amides is 1. The largest absolute Gasteiger partial charge is 0.467 e. The molecule has 0 unspecified atom stereocenters. The SMILES string of the molecule is COC(=O)[C@H](Cc1c[nH]c2cc(F)ccc12)NC(C)=O. The maximum atomic E-state index is 13.1. The molecule has 0 fully saturated rings. The van der Waals surface area contributed by atoms with E-state index in [1.165, 1.54) is 26.2 Å². The van der Waals surface area contributed by atoms with Crippen LogP contribution in [0.4, 0.5) is 4.39 Å². The van der Waals surface area contributed by atoms with Crippen molar-refractivity contribution in [2.75, 3.05) is 7.11 Å². The summed E-state index contributed by atoms with van der Waals surface area (Å²) in [6.07, 6.45) is 1.97. The van der Waals surface area contributed by atoms with Crippen molar-refractivity contribution in [1.82, 2.24) is 10.3 Å². The lowest BCUT2D eigenvalue weighted by atomic mass is 10.0. The van der Waals surface area contributed by atoms with Gasteiger partial charge in [0, 0.05) is 30.4 Å². The van der Waals surface area contributed by atoms with Crippen LogP contribution in [0.2, 0.25) is 0 Å². The third-order valence-corrected chi connectivity index (χ3v) is 3.02. The van der Waals surface area contributed by atoms with E-state index in [4.69, 9.17) is 0 Å². The molecule has 1 atom stereocenters. The summed E-state index contributed by atoms with van der Waals surface area (Å²) in [5.41, 5.74) is 1.45. The first-order valence-corrected chi connectivity index (χ1v) is 6.11. The van der Waals surface area contributed by atoms with Gasteiger partial charge in [0.2, 0.25) is 5.91 Å². The van der Waals surface area contributed by atoms with E-state index in [-0.39, 0.29) is 18.1 Å². The number of esters is 1. The van der Waals surface area contributed by atoms with E-state index in [2.05, 4.69) is 15.0 Å². The van der Waals surface area contributed by atoms with Crippen LogP contribution in [-0.2, 0) is 20.7 Å². The van der Waals surface area contributed by atoms with Crippen molar-refractivity contribution in [2.45, 2.75) is 19.4 Å². The van der Waals surface area contributed by atoms with Crippen LogP contribution in [0.1, 0.15) is 12.5 Å². The number of halogens is 1. The van der Waals surface area contributed by atoms with Crippen LogP contribution in [0.3, 0.4) is 0 Å². The summed E-state index contributed by atoms with van der Waals surface area (Å²) in [6.45, 7) is 1.33. The first-order valence-electron chi connectivity index (χ1n) is 6.11. The molecule has 0 radical (unpaired) electrons. The van der Waals surface area contributed by atoms with Crippen molar-refractivity contribution in [3.05, 3.63) is 35.8 Å². The highest BCUT2D eigenvalue weighted by Gasteiger charge is 2.22. The molecule has 1 aromatic carbocycles. The van der Waals surface area contributed by atoms with Crippen LogP contribution in [0.15, 0.2) is 24.4 Å². The topological polar surface area (TPSA) is 71.2 Å². The summed E-state index contributed by atoms with van der Waals surface area (Å²) in [4.78, 5) is 25.7. The van der Waals surface area contributed by atoms with E-state index in [0.29, 0.717) is 5.52 Å². The predicted octanol–water partition coefficient (Wildman–Crippen LogP) is 1.53. The molecule has 2 aromatic rings. The molecule has 1 amide bonds. The summed E-state index contributed by atoms with van der Waals surface area (Å²) in [5.74, 6) is -1.17. The molecule has 0 saturated heterocycles. The maximum Gasteiger partial charge on any atom is 0.328 e. The number of fused-ring (bicyclic) bond motifs is 1. The van der Waals surface area contributed by atoms with E-state index in [1.54, 1.807) is 12.3 Å². The van der Waals surface area contributed by atoms with Crippen LogP contribution in [0.25, 0.3) is 10.9 Å². The quantitative estimate of drug-likeness (QED) is 0.833. The average molecular weight is 278 g/mol. The minimum atomic E-state index is -0.762. The van der Waals surface area contributed by atoms with E-state index >= 15 is 0 Å². The number of benzene rings is 1. The number of rotatable bonds is 4. The summed E-state index contributed by atoms with van der Waals surface area (Å²) < 4.78 is 17.8. The van der Waals surface area contributed by atoms with E-state index < -0.39 is 12.0 Å². The minimum Gasteiger partial charge on any atom is -0.467 e. The number of carbonyl (C=O) groups excluding carboxylic acids is 2. The lowest BCUT2D eigenvalue weighted by molar-refractivity contribution is -0.144. The van der Waals surface area contributed by atoms with Gasteiger partial charge in [-0.15, -0.1) is 0 Å². The monoisotopic (exact) mass is 278 g/mol. The van der Waals surface area contributed by atoms with Crippen molar-refractivity contribution in [1.29, 1.82) is 0 Å². The number of aromatic amines is 1. The third kappa shape index (κ3) is 2.96. The molecular weight excluding hydrogens is 263 g/mol. The zero-order valence-electron chi connectivity index (χ0n) is 11.2. The average Bonchev–Trinajstić information content (AvgIpc) is 2.78. The molecule has 2 rings (SSSR count). The van der Waals surface area contributed by atoms with E-state index in [0.717, 1.165) is 10.9 Å². The summed E-state index contributed by atoms with van der Waals surface area (Å²) in [7, 11) is 1.27. The molecule has 6 heteroatoms. The van der Waals surface area contributed by atoms with Gasteiger partial charge in [0.1, 0.15) is 11.9 Å². The Balaban J connectivity index is 2.28. The van der Waals surface area contributed by atoms with Gasteiger partial charge in [-0.25, -0.2) is 9.18 Å². The van der Waals surface area contributed by atoms with Gasteiger partial charge < -0.3 is 15.0 Å². The molecule has 0 spiro atoms. The fraction of sp³-hybridized carbons (Fsp3) is 0.286. The fourth-order valence-electron chi connectivity index (χ4n) is 2.13. The van der Waals surface area contributed by atoms with Gasteiger partial charge in [-0.3, -0.25) is 4.79 Å². The van der Waals surface area contributed by atoms with Crippen LogP contribution in [0.5, 0.6) is 0 Å². The molecule has 0 aliphatic carbocycles. The molecular formula is C14H15FN2O3. The van der Waals surface area contributed by atoms with Crippen molar-refractivity contribution >= 4 is 22.8 Å². The Bertz CT molecular complexity index is 651. The summed E-state index contributed by atoms with van der Waals surface area (Å²) in [6, 6.07) is 3.61. The molecule has 1 heterocycles. The molecule has 0 aliphatic heterocycles. The summed E-state index contributed by atoms with van der Waals surface area (Å²) >= 11 is 0. The van der Waals surface area contributed by atoms with Crippen molar-refractivity contribution in [2.24, 2.45) is 0 Å². The van der Waals surface area contributed by atoms with Crippen LogP contribution in [0, 0.1) is 5.82 Å². The predicted molar refractivity (Wildman–Crippen MR) is 71.6 cm³/mol. The first kappa shape index (κ1) is 14.0. The van der Waals surface area contributed by atoms with Crippen LogP contribution in [-0.4, -0.2) is 30.0 Å². The van der Waals surface area contributed by atoms with Gasteiger partial charge in [-0.05, 0) is 23.8 Å². The Labute approximate surface area is 115 Å². The lowest BCUT2D eigenvalue weighted by Crippen LogP contribution is -2.41. The van der Waals surface area contributed by atoms with Gasteiger partial charge in [-0.1, -0.05) is 0 Å². The number of aromatic nitrogens is 1. The van der Waals surface area contributed by atoms with Crippen molar-refractivity contribution in [3.63, 3.8) is 0 Å². The zero-order chi connectivity index (χ0) is 14.7. The second kappa shape index (κ2) is 5.73. The first-order chi connectivity index (χ1) is 9.51. The smallest absolute Gasteiger partial charge is 0.328 e. The highest BCUT2D eigenvalue weighted by atomic mass is 19.1. The number of carbonyl (C=O) groups is 2. The van der Waals surface area contributed by atoms with Crippen molar-refractivity contribution in [3.8, 4) is 0 Å². The molecule has 1 aromatic heterocycles. The Morgan fingerprint density at radius 2 is 2.20 bits per heavy atom. The Morgan fingerprint density at radius 1 is 1.45 bits per heavy atom. The highest BCUT2D eigenvalue weighted by Crippen LogP contribution is 2.20. The number of hydrogen-bond acceptors (Lipinski definition) is 3. The zero-order valence-corrected chi connectivity index (χ0v) is 11.2. The normalized spacial score (nSPS) is 12.2. The van der Waals surface area contributed by atoms with Gasteiger partial charge >= 0.3 is 5.97 Å². The number of ether oxygens (including phenoxy) is 1. The summed E-state index contributed by atoms with van der Waals surface area (Å²) in [5, 5.41) is 3.35. The van der Waals surface area contributed by atoms with E-state index in [9.17, 15) is 14.0 Å². The van der Waals surface area contributed by atoms with E-state index in [1.807, 2.05) is 0 Å². The maximum absolute atomic E-state index is 13.1. The second-order valence-corrected chi connectivity index (χ2v) is 4.48. The number of H-pyrrole nitrogens is 1. The third-order valence-electron chi connectivity index (χ3n) is 3.02. The second-order valence-electron chi connectivity index (χ2n) is 4.48. The van der Waals surface area contributed by atoms with Crippen LogP contribution >= 0.6 is 0 Å². The Kier molecular flexibility index (Phi) is 4.02. The number of hydrogen-bond donors (Lipinski definition) is 2. The molecule has 5 nitrogen and oxygen atoms in total. The standard InChI is InChI=1S/C14H15FN2O3/c1-8(18)17-13(14(19)20-2)5-9-7-16-12-6-10(15)3-4-11(9)12/h3-4,6-7,13,16H,5H2,1-2H3,(H,17,18)/t13-/m0/s1. The molecule has 20 heavy (non-hydrogen) atoms. The van der Waals surface area contributed by atoms with Crippen molar-refractivity contribution < 1.29 is 18.7 Å². The highest BCUT2D eigenvalue weighted by molar-refractivity contribution is 5.86. The van der Waals surface area contributed by atoms with Gasteiger partial charge in [-0.2, -0.15) is 0 Å². The minimum absolute atomic E-state index is 0.276. The lowest BCUT2D eigenvalue weighted by Gasteiger charge is -2.14. The molecule has 0 aliphatic rings. The fourth-order valence-corrected chi connectivity index (χ4v) is 2.13. The molecule has 2 N–H and O–H groups in total. The van der Waals surface area contributed by atoms with Gasteiger partial charge in [0.15, 0.2) is 0 Å². The van der Waals surface area contributed by atoms with Crippen LogP contribution < -0.4 is 5.32 Å². The number of nitrogens with one attached hydrogen (secondary N) is 2. The Morgan fingerprint density at radius 3 is 2.85 bits per heavy atom. The molecule has 0 bridgehead atoms. The molecule has 0 saturated carbocycles.